The van der Waals surface area contributed by atoms with Crippen LogP contribution < -0.4 is 0 Å². The van der Waals surface area contributed by atoms with Gasteiger partial charge in [0.2, 0.25) is 10.0 Å². The number of unbranched alkanes of at least 4 members (excludes halogenated alkanes) is 3. The summed E-state index contributed by atoms with van der Waals surface area (Å²) in [5, 5.41) is 8.98. The number of likely N-dealkylation sites (tertiary alicyclic amines) is 1. The third kappa shape index (κ3) is 6.69. The maximum Gasteiger partial charge on any atom is 0.308 e. The molecule has 1 atom stereocenters. The average molecular weight is 344 g/mol. The maximum atomic E-state index is 12.4. The molecular formula is C16H28N2O4S. The fraction of sp³-hybridized carbons (Fsp3) is 0.812. The highest BCUT2D eigenvalue weighted by Crippen LogP contribution is 2.15. The zero-order valence-electron chi connectivity index (χ0n) is 14.1. The third-order valence-electron chi connectivity index (χ3n) is 3.89. The van der Waals surface area contributed by atoms with E-state index in [1.807, 2.05) is 6.92 Å². The van der Waals surface area contributed by atoms with Crippen molar-refractivity contribution in [3.05, 3.63) is 0 Å². The van der Waals surface area contributed by atoms with Crippen LogP contribution in [0.25, 0.3) is 0 Å². The molecule has 1 heterocycles. The average Bonchev–Trinajstić information content (AvgIpc) is 2.97. The lowest BCUT2D eigenvalue weighted by Crippen LogP contribution is -2.30. The molecule has 7 heteroatoms. The molecule has 1 N–H and O–H groups in total. The van der Waals surface area contributed by atoms with Gasteiger partial charge in [0.25, 0.3) is 0 Å². The second-order valence-electron chi connectivity index (χ2n) is 5.94. The summed E-state index contributed by atoms with van der Waals surface area (Å²) in [6.45, 7) is 5.31. The first-order valence-electron chi connectivity index (χ1n) is 8.40. The van der Waals surface area contributed by atoms with Crippen LogP contribution in [0.4, 0.5) is 0 Å². The Kier molecular flexibility index (Phi) is 8.24. The van der Waals surface area contributed by atoms with Crippen LogP contribution in [-0.4, -0.2) is 54.1 Å². The Labute approximate surface area is 139 Å². The summed E-state index contributed by atoms with van der Waals surface area (Å²) in [5.74, 6) is -1.10. The Morgan fingerprint density at radius 1 is 1.26 bits per heavy atom. The summed E-state index contributed by atoms with van der Waals surface area (Å²) in [7, 11) is -3.37. The van der Waals surface area contributed by atoms with Gasteiger partial charge in [-0.2, -0.15) is 0 Å². The molecule has 0 aromatic rings. The van der Waals surface area contributed by atoms with E-state index < -0.39 is 21.9 Å². The molecule has 1 aliphatic heterocycles. The summed E-state index contributed by atoms with van der Waals surface area (Å²) < 4.78 is 26.0. The Morgan fingerprint density at radius 2 is 2.00 bits per heavy atom. The molecule has 1 fully saturated rings. The standard InChI is InChI=1S/C16H28N2O4S/c1-3-5-6-7-13-23(21,22)18(9-4-2)12-11-17-10-8-15(14-17)16(19)20/h15H,3-10,13-14H2,1-2H3,(H,19,20). The van der Waals surface area contributed by atoms with Crippen molar-refractivity contribution in [1.82, 2.24) is 9.21 Å². The Balaban J connectivity index is 2.64. The van der Waals surface area contributed by atoms with Crippen LogP contribution >= 0.6 is 0 Å². The van der Waals surface area contributed by atoms with E-state index in [-0.39, 0.29) is 5.75 Å². The van der Waals surface area contributed by atoms with E-state index in [1.54, 1.807) is 4.90 Å². The maximum absolute atomic E-state index is 12.4. The van der Waals surface area contributed by atoms with E-state index in [9.17, 15) is 13.2 Å². The van der Waals surface area contributed by atoms with Crippen LogP contribution in [0, 0.1) is 18.0 Å². The van der Waals surface area contributed by atoms with Crippen LogP contribution in [0.1, 0.15) is 52.4 Å². The number of aliphatic carboxylic acids is 1. The minimum Gasteiger partial charge on any atom is -0.481 e. The van der Waals surface area contributed by atoms with Gasteiger partial charge in [-0.15, -0.1) is 0 Å². The van der Waals surface area contributed by atoms with Crippen molar-refractivity contribution in [2.75, 3.05) is 25.4 Å². The number of rotatable bonds is 9. The van der Waals surface area contributed by atoms with Crippen LogP contribution in [0.5, 0.6) is 0 Å². The molecule has 0 saturated carbocycles. The van der Waals surface area contributed by atoms with Crippen molar-refractivity contribution in [3.63, 3.8) is 0 Å². The molecule has 1 rings (SSSR count). The minimum atomic E-state index is -3.37. The van der Waals surface area contributed by atoms with Crippen molar-refractivity contribution >= 4 is 16.0 Å². The van der Waals surface area contributed by atoms with Gasteiger partial charge in [0.05, 0.1) is 11.7 Å². The van der Waals surface area contributed by atoms with E-state index >= 15 is 0 Å². The number of carboxylic acid groups (broad SMARTS) is 1. The second-order valence-corrected chi connectivity index (χ2v) is 7.96. The number of hydrogen-bond donors (Lipinski definition) is 1. The molecule has 1 aliphatic rings. The van der Waals surface area contributed by atoms with E-state index in [4.69, 9.17) is 5.11 Å². The van der Waals surface area contributed by atoms with Crippen LogP contribution in [0.3, 0.4) is 0 Å². The lowest BCUT2D eigenvalue weighted by molar-refractivity contribution is -0.141. The quantitative estimate of drug-likeness (QED) is 0.393. The Morgan fingerprint density at radius 3 is 2.57 bits per heavy atom. The second kappa shape index (κ2) is 9.66. The van der Waals surface area contributed by atoms with Crippen LogP contribution in [-0.2, 0) is 14.8 Å². The van der Waals surface area contributed by atoms with Gasteiger partial charge in [0.1, 0.15) is 0 Å². The van der Waals surface area contributed by atoms with Crippen LogP contribution in [0.2, 0.25) is 0 Å². The van der Waals surface area contributed by atoms with Gasteiger partial charge in [-0.25, -0.2) is 12.7 Å². The van der Waals surface area contributed by atoms with Gasteiger partial charge in [0, 0.05) is 31.7 Å². The number of sulfonamides is 1. The SMILES string of the molecule is CCCCCCS(=O)(=O)N(C#CN1CCC(C(=O)O)C1)CCC. The predicted molar refractivity (Wildman–Crippen MR) is 90.0 cm³/mol. The van der Waals surface area contributed by atoms with Gasteiger partial charge in [0.15, 0.2) is 0 Å². The van der Waals surface area contributed by atoms with E-state index in [0.29, 0.717) is 38.9 Å². The van der Waals surface area contributed by atoms with Gasteiger partial charge in [-0.1, -0.05) is 33.1 Å². The molecular weight excluding hydrogens is 316 g/mol. The summed E-state index contributed by atoms with van der Waals surface area (Å²) in [6, 6.07) is 5.56. The Hall–Kier alpha value is -1.42. The van der Waals surface area contributed by atoms with Crippen molar-refractivity contribution in [3.8, 4) is 12.1 Å². The molecule has 0 bridgehead atoms. The Bertz CT molecular complexity index is 536. The molecule has 1 saturated heterocycles. The molecule has 0 amide bonds. The highest BCUT2D eigenvalue weighted by atomic mass is 32.2. The monoisotopic (exact) mass is 344 g/mol. The topological polar surface area (TPSA) is 77.9 Å². The predicted octanol–water partition coefficient (Wildman–Crippen LogP) is 1.93. The van der Waals surface area contributed by atoms with Gasteiger partial charge in [-0.3, -0.25) is 4.79 Å². The summed E-state index contributed by atoms with van der Waals surface area (Å²) in [5.41, 5.74) is 0. The number of nitrogens with zero attached hydrogens (tertiary/aromatic N) is 2. The number of carboxylic acids is 1. The molecule has 0 aliphatic carbocycles. The molecule has 0 aromatic carbocycles. The number of hydrogen-bond acceptors (Lipinski definition) is 4. The fourth-order valence-corrected chi connectivity index (χ4v) is 3.91. The molecule has 0 aromatic heterocycles. The molecule has 6 nitrogen and oxygen atoms in total. The number of carbonyl (C=O) groups is 1. The molecule has 132 valence electrons. The largest absolute Gasteiger partial charge is 0.481 e. The lowest BCUT2D eigenvalue weighted by Gasteiger charge is -2.17. The third-order valence-corrected chi connectivity index (χ3v) is 5.64. The van der Waals surface area contributed by atoms with Gasteiger partial charge in [-0.05, 0) is 19.3 Å². The summed E-state index contributed by atoms with van der Waals surface area (Å²) in [4.78, 5) is 12.6. The van der Waals surface area contributed by atoms with E-state index in [0.717, 1.165) is 19.3 Å². The fourth-order valence-electron chi connectivity index (χ4n) is 2.48. The van der Waals surface area contributed by atoms with Gasteiger partial charge < -0.3 is 10.0 Å². The first-order valence-corrected chi connectivity index (χ1v) is 10.0. The van der Waals surface area contributed by atoms with Gasteiger partial charge >= 0.3 is 5.97 Å². The first-order chi connectivity index (χ1) is 10.9. The summed E-state index contributed by atoms with van der Waals surface area (Å²) in [6.07, 6.45) is 4.93. The molecule has 23 heavy (non-hydrogen) atoms. The minimum absolute atomic E-state index is 0.124. The smallest absolute Gasteiger partial charge is 0.308 e. The summed E-state index contributed by atoms with van der Waals surface area (Å²) >= 11 is 0. The van der Waals surface area contributed by atoms with Crippen molar-refractivity contribution in [2.24, 2.45) is 5.92 Å². The molecule has 0 radical (unpaired) electrons. The zero-order valence-corrected chi connectivity index (χ0v) is 14.9. The van der Waals surface area contributed by atoms with Crippen molar-refractivity contribution < 1.29 is 18.3 Å². The normalized spacial score (nSPS) is 17.7. The lowest BCUT2D eigenvalue weighted by atomic mass is 10.1. The first kappa shape index (κ1) is 19.6. The van der Waals surface area contributed by atoms with Crippen molar-refractivity contribution in [2.45, 2.75) is 52.4 Å². The van der Waals surface area contributed by atoms with Crippen molar-refractivity contribution in [1.29, 1.82) is 0 Å². The molecule has 0 spiro atoms. The van der Waals surface area contributed by atoms with E-state index in [2.05, 4.69) is 19.0 Å². The van der Waals surface area contributed by atoms with E-state index in [1.165, 1.54) is 4.31 Å². The zero-order chi connectivity index (χ0) is 17.3. The highest BCUT2D eigenvalue weighted by molar-refractivity contribution is 7.89. The van der Waals surface area contributed by atoms with Crippen LogP contribution in [0.15, 0.2) is 0 Å². The molecule has 1 unspecified atom stereocenters. The highest BCUT2D eigenvalue weighted by Gasteiger charge is 2.27.